The van der Waals surface area contributed by atoms with Crippen molar-refractivity contribution in [2.75, 3.05) is 7.11 Å². The maximum atomic E-state index is 11.9. The van der Waals surface area contributed by atoms with Crippen molar-refractivity contribution >= 4 is 5.91 Å². The van der Waals surface area contributed by atoms with Gasteiger partial charge in [0.1, 0.15) is 18.4 Å². The number of hydrogen-bond acceptors (Lipinski definition) is 6. The number of amides is 1. The van der Waals surface area contributed by atoms with Crippen LogP contribution in [0.1, 0.15) is 60.9 Å². The number of nitrogens with one attached hydrogen (secondary N) is 1. The molecule has 21 heavy (non-hydrogen) atoms. The SMILES string of the molecule is CCCC(OC)c1noc(C(C)NC(=O)c2ccoc2)n1. The summed E-state index contributed by atoms with van der Waals surface area (Å²) in [6.07, 6.45) is 4.40. The summed E-state index contributed by atoms with van der Waals surface area (Å²) in [4.78, 5) is 16.2. The normalized spacial score (nSPS) is 13.9. The van der Waals surface area contributed by atoms with Gasteiger partial charge in [-0.05, 0) is 19.4 Å². The van der Waals surface area contributed by atoms with Crippen LogP contribution in [0.15, 0.2) is 27.5 Å². The predicted molar refractivity (Wildman–Crippen MR) is 73.5 cm³/mol. The lowest BCUT2D eigenvalue weighted by molar-refractivity contribution is 0.0854. The molecule has 7 nitrogen and oxygen atoms in total. The van der Waals surface area contributed by atoms with Crippen molar-refractivity contribution in [2.45, 2.75) is 38.8 Å². The number of nitrogens with zero attached hydrogens (tertiary/aromatic N) is 2. The zero-order valence-electron chi connectivity index (χ0n) is 12.3. The fourth-order valence-electron chi connectivity index (χ4n) is 1.90. The Morgan fingerprint density at radius 1 is 1.52 bits per heavy atom. The highest BCUT2D eigenvalue weighted by molar-refractivity contribution is 5.93. The summed E-state index contributed by atoms with van der Waals surface area (Å²) in [6.45, 7) is 3.83. The summed E-state index contributed by atoms with van der Waals surface area (Å²) in [5.41, 5.74) is 0.447. The lowest BCUT2D eigenvalue weighted by Crippen LogP contribution is -2.26. The van der Waals surface area contributed by atoms with E-state index in [1.807, 2.05) is 0 Å². The minimum absolute atomic E-state index is 0.190. The van der Waals surface area contributed by atoms with Crippen LogP contribution in [0.3, 0.4) is 0 Å². The van der Waals surface area contributed by atoms with E-state index in [9.17, 15) is 4.79 Å². The van der Waals surface area contributed by atoms with E-state index in [1.165, 1.54) is 12.5 Å². The first-order chi connectivity index (χ1) is 10.2. The lowest BCUT2D eigenvalue weighted by Gasteiger charge is -2.09. The maximum Gasteiger partial charge on any atom is 0.255 e. The molecular weight excluding hydrogens is 274 g/mol. The summed E-state index contributed by atoms with van der Waals surface area (Å²) in [6, 6.07) is 1.19. The van der Waals surface area contributed by atoms with E-state index < -0.39 is 6.04 Å². The molecule has 114 valence electrons. The third-order valence-corrected chi connectivity index (χ3v) is 3.08. The Labute approximate surface area is 122 Å². The van der Waals surface area contributed by atoms with Gasteiger partial charge in [-0.15, -0.1) is 0 Å². The van der Waals surface area contributed by atoms with Gasteiger partial charge in [0.05, 0.1) is 11.8 Å². The molecule has 2 atom stereocenters. The molecule has 1 amide bonds. The molecule has 0 saturated heterocycles. The molecule has 0 radical (unpaired) electrons. The number of carbonyl (C=O) groups excluding carboxylic acids is 1. The zero-order chi connectivity index (χ0) is 15.2. The van der Waals surface area contributed by atoms with Crippen LogP contribution in [0, 0.1) is 0 Å². The second-order valence-electron chi connectivity index (χ2n) is 4.71. The average Bonchev–Trinajstić information content (AvgIpc) is 3.15. The number of furan rings is 1. The van der Waals surface area contributed by atoms with Gasteiger partial charge >= 0.3 is 0 Å². The molecule has 0 aliphatic rings. The molecule has 2 heterocycles. The van der Waals surface area contributed by atoms with Crippen molar-refractivity contribution in [3.05, 3.63) is 35.9 Å². The smallest absolute Gasteiger partial charge is 0.255 e. The molecule has 2 rings (SSSR count). The van der Waals surface area contributed by atoms with E-state index >= 15 is 0 Å². The fourth-order valence-corrected chi connectivity index (χ4v) is 1.90. The van der Waals surface area contributed by atoms with Gasteiger partial charge in [0.15, 0.2) is 0 Å². The fraction of sp³-hybridized carbons (Fsp3) is 0.500. The van der Waals surface area contributed by atoms with Crippen molar-refractivity contribution in [1.82, 2.24) is 15.5 Å². The molecule has 0 bridgehead atoms. The molecule has 0 aliphatic heterocycles. The van der Waals surface area contributed by atoms with Crippen molar-refractivity contribution in [3.8, 4) is 0 Å². The Morgan fingerprint density at radius 2 is 2.33 bits per heavy atom. The van der Waals surface area contributed by atoms with E-state index in [0.717, 1.165) is 12.8 Å². The van der Waals surface area contributed by atoms with Gasteiger partial charge in [-0.3, -0.25) is 4.79 Å². The number of hydrogen-bond donors (Lipinski definition) is 1. The molecule has 2 unspecified atom stereocenters. The van der Waals surface area contributed by atoms with Crippen LogP contribution in [0.2, 0.25) is 0 Å². The highest BCUT2D eigenvalue weighted by atomic mass is 16.5. The first-order valence-corrected chi connectivity index (χ1v) is 6.85. The van der Waals surface area contributed by atoms with E-state index in [1.54, 1.807) is 20.1 Å². The van der Waals surface area contributed by atoms with E-state index in [0.29, 0.717) is 17.3 Å². The van der Waals surface area contributed by atoms with Crippen LogP contribution >= 0.6 is 0 Å². The van der Waals surface area contributed by atoms with Gasteiger partial charge in [-0.1, -0.05) is 18.5 Å². The molecule has 7 heteroatoms. The standard InChI is InChI=1S/C14H19N3O4/c1-4-5-11(19-3)12-16-14(21-17-12)9(2)15-13(18)10-6-7-20-8-10/h6-9,11H,4-5H2,1-3H3,(H,15,18). The summed E-state index contributed by atoms with van der Waals surface area (Å²) in [5, 5.41) is 6.68. The molecule has 0 aromatic carbocycles. The second kappa shape index (κ2) is 7.03. The lowest BCUT2D eigenvalue weighted by atomic mass is 10.2. The summed E-state index contributed by atoms with van der Waals surface area (Å²) in [7, 11) is 1.61. The second-order valence-corrected chi connectivity index (χ2v) is 4.71. The van der Waals surface area contributed by atoms with Crippen LogP contribution in [0.4, 0.5) is 0 Å². The summed E-state index contributed by atoms with van der Waals surface area (Å²) >= 11 is 0. The number of carbonyl (C=O) groups is 1. The Hall–Kier alpha value is -2.15. The Morgan fingerprint density at radius 3 is 2.95 bits per heavy atom. The Bertz CT molecular complexity index is 565. The first-order valence-electron chi connectivity index (χ1n) is 6.85. The Balaban J connectivity index is 2.01. The van der Waals surface area contributed by atoms with Crippen LogP contribution < -0.4 is 5.32 Å². The van der Waals surface area contributed by atoms with Crippen LogP contribution in [0.5, 0.6) is 0 Å². The molecule has 2 aromatic rings. The molecule has 0 saturated carbocycles. The number of rotatable bonds is 7. The first kappa shape index (κ1) is 15.2. The minimum Gasteiger partial charge on any atom is -0.472 e. The van der Waals surface area contributed by atoms with Gasteiger partial charge < -0.3 is 19.0 Å². The Kier molecular flexibility index (Phi) is 5.10. The van der Waals surface area contributed by atoms with Gasteiger partial charge in [0, 0.05) is 7.11 Å². The van der Waals surface area contributed by atoms with E-state index in [-0.39, 0.29) is 12.0 Å². The van der Waals surface area contributed by atoms with Crippen LogP contribution in [-0.2, 0) is 4.74 Å². The number of ether oxygens (including phenoxy) is 1. The maximum absolute atomic E-state index is 11.9. The molecule has 1 N–H and O–H groups in total. The molecule has 0 fully saturated rings. The van der Waals surface area contributed by atoms with Gasteiger partial charge in [-0.2, -0.15) is 4.98 Å². The van der Waals surface area contributed by atoms with Crippen LogP contribution in [0.25, 0.3) is 0 Å². The summed E-state index contributed by atoms with van der Waals surface area (Å²) in [5.74, 6) is 0.589. The van der Waals surface area contributed by atoms with Crippen molar-refractivity contribution < 1.29 is 18.5 Å². The van der Waals surface area contributed by atoms with Crippen LogP contribution in [-0.4, -0.2) is 23.2 Å². The quantitative estimate of drug-likeness (QED) is 0.844. The highest BCUT2D eigenvalue weighted by Gasteiger charge is 2.21. The average molecular weight is 293 g/mol. The van der Waals surface area contributed by atoms with Crippen molar-refractivity contribution in [3.63, 3.8) is 0 Å². The summed E-state index contributed by atoms with van der Waals surface area (Å²) < 4.78 is 15.4. The number of methoxy groups -OCH3 is 1. The van der Waals surface area contributed by atoms with E-state index in [4.69, 9.17) is 13.7 Å². The zero-order valence-corrected chi connectivity index (χ0v) is 12.3. The monoisotopic (exact) mass is 293 g/mol. The van der Waals surface area contributed by atoms with E-state index in [2.05, 4.69) is 22.4 Å². The third-order valence-electron chi connectivity index (χ3n) is 3.08. The van der Waals surface area contributed by atoms with Gasteiger partial charge in [0.25, 0.3) is 5.91 Å². The topological polar surface area (TPSA) is 90.4 Å². The van der Waals surface area contributed by atoms with Crippen molar-refractivity contribution in [1.29, 1.82) is 0 Å². The largest absolute Gasteiger partial charge is 0.472 e. The van der Waals surface area contributed by atoms with Gasteiger partial charge in [-0.25, -0.2) is 0 Å². The molecular formula is C14H19N3O4. The molecule has 2 aromatic heterocycles. The van der Waals surface area contributed by atoms with Gasteiger partial charge in [0.2, 0.25) is 11.7 Å². The molecule has 0 aliphatic carbocycles. The number of aromatic nitrogens is 2. The van der Waals surface area contributed by atoms with Crippen molar-refractivity contribution in [2.24, 2.45) is 0 Å². The minimum atomic E-state index is -0.396. The third kappa shape index (κ3) is 3.69. The highest BCUT2D eigenvalue weighted by Crippen LogP contribution is 2.21. The predicted octanol–water partition coefficient (Wildman–Crippen LogP) is 2.64. The molecule has 0 spiro atoms.